The summed E-state index contributed by atoms with van der Waals surface area (Å²) in [5.74, 6) is 1.45. The van der Waals surface area contributed by atoms with E-state index in [-0.39, 0.29) is 5.41 Å². The number of likely N-dealkylation sites (tertiary alicyclic amines) is 1. The first-order valence-electron chi connectivity index (χ1n) is 10.3. The van der Waals surface area contributed by atoms with Crippen molar-refractivity contribution in [3.63, 3.8) is 0 Å². The summed E-state index contributed by atoms with van der Waals surface area (Å²) in [6, 6.07) is 3.96. The van der Waals surface area contributed by atoms with Crippen molar-refractivity contribution in [2.24, 2.45) is 5.41 Å². The van der Waals surface area contributed by atoms with Crippen LogP contribution in [0.15, 0.2) is 12.1 Å². The van der Waals surface area contributed by atoms with Gasteiger partial charge in [-0.3, -0.25) is 4.98 Å². The summed E-state index contributed by atoms with van der Waals surface area (Å²) in [4.78, 5) is 7.40. The van der Waals surface area contributed by atoms with Crippen molar-refractivity contribution in [1.82, 2.24) is 9.88 Å². The fourth-order valence-electron chi connectivity index (χ4n) is 4.74. The van der Waals surface area contributed by atoms with Crippen LogP contribution in [0.1, 0.15) is 30.5 Å². The van der Waals surface area contributed by atoms with Crippen molar-refractivity contribution in [3.05, 3.63) is 28.4 Å². The van der Waals surface area contributed by atoms with Crippen LogP contribution in [0.2, 0.25) is 5.02 Å². The number of methoxy groups -OCH3 is 1. The van der Waals surface area contributed by atoms with Gasteiger partial charge in [0.1, 0.15) is 0 Å². The minimum absolute atomic E-state index is 0.0767. The maximum absolute atomic E-state index is 6.69. The molecule has 3 aliphatic rings. The Hall–Kier alpha value is -1.56. The predicted molar refractivity (Wildman–Crippen MR) is 110 cm³/mol. The zero-order chi connectivity index (χ0) is 19.1. The number of benzene rings is 1. The van der Waals surface area contributed by atoms with Crippen LogP contribution in [0.4, 0.5) is 0 Å². The van der Waals surface area contributed by atoms with E-state index in [0.29, 0.717) is 12.4 Å². The Balaban J connectivity index is 1.41. The van der Waals surface area contributed by atoms with E-state index in [9.17, 15) is 0 Å². The van der Waals surface area contributed by atoms with Crippen LogP contribution in [0.5, 0.6) is 11.5 Å². The summed E-state index contributed by atoms with van der Waals surface area (Å²) >= 11 is 6.69. The second-order valence-electron chi connectivity index (χ2n) is 8.49. The number of halogens is 1. The third-order valence-electron chi connectivity index (χ3n) is 6.34. The van der Waals surface area contributed by atoms with Crippen LogP contribution < -0.4 is 9.47 Å². The number of nitrogens with zero attached hydrogens (tertiary/aromatic N) is 2. The van der Waals surface area contributed by atoms with E-state index in [4.69, 9.17) is 30.8 Å². The summed E-state index contributed by atoms with van der Waals surface area (Å²) in [5, 5.41) is 1.77. The van der Waals surface area contributed by atoms with E-state index in [2.05, 4.69) is 4.90 Å². The van der Waals surface area contributed by atoms with Gasteiger partial charge in [0.25, 0.3) is 0 Å². The van der Waals surface area contributed by atoms with Gasteiger partial charge < -0.3 is 19.1 Å². The van der Waals surface area contributed by atoms with Gasteiger partial charge in [-0.15, -0.1) is 0 Å². The standard InChI is InChI=1S/C22H27ClN2O3/c1-26-19-9-16-18(24-17-6-4-5-15(17)21(16)23)10-20(19)28-14-22(12-27-13-22)11-25-7-2-3-8-25/h9-10H,2-8,11-14H2,1H3. The fraction of sp³-hybridized carbons (Fsp3) is 0.591. The van der Waals surface area contributed by atoms with Gasteiger partial charge in [0, 0.05) is 23.7 Å². The number of pyridine rings is 1. The SMILES string of the molecule is COc1cc2c(Cl)c3c(nc2cc1OCC1(CN2CCCC2)COC1)CCC3. The quantitative estimate of drug-likeness (QED) is 0.733. The lowest BCUT2D eigenvalue weighted by atomic mass is 9.86. The van der Waals surface area contributed by atoms with Crippen molar-refractivity contribution in [3.8, 4) is 11.5 Å². The highest BCUT2D eigenvalue weighted by molar-refractivity contribution is 6.36. The highest BCUT2D eigenvalue weighted by Crippen LogP contribution is 2.40. The molecule has 2 saturated heterocycles. The van der Waals surface area contributed by atoms with Gasteiger partial charge in [-0.2, -0.15) is 0 Å². The third kappa shape index (κ3) is 3.23. The van der Waals surface area contributed by atoms with Gasteiger partial charge >= 0.3 is 0 Å². The fourth-order valence-corrected chi connectivity index (χ4v) is 5.10. The van der Waals surface area contributed by atoms with E-state index in [0.717, 1.165) is 66.4 Å². The normalized spacial score (nSPS) is 20.9. The van der Waals surface area contributed by atoms with Gasteiger partial charge in [-0.05, 0) is 56.8 Å². The number of aromatic nitrogens is 1. The van der Waals surface area contributed by atoms with E-state index in [1.54, 1.807) is 7.11 Å². The zero-order valence-electron chi connectivity index (χ0n) is 16.4. The molecule has 0 N–H and O–H groups in total. The Kier molecular flexibility index (Phi) is 4.85. The molecular formula is C22H27ClN2O3. The van der Waals surface area contributed by atoms with E-state index >= 15 is 0 Å². The highest BCUT2D eigenvalue weighted by atomic mass is 35.5. The Morgan fingerprint density at radius 3 is 2.68 bits per heavy atom. The molecule has 0 spiro atoms. The first-order valence-corrected chi connectivity index (χ1v) is 10.7. The summed E-state index contributed by atoms with van der Waals surface area (Å²) in [6.07, 6.45) is 5.73. The zero-order valence-corrected chi connectivity index (χ0v) is 17.2. The molecule has 1 aromatic carbocycles. The Bertz CT molecular complexity index is 891. The van der Waals surface area contributed by atoms with Crippen molar-refractivity contribution in [2.45, 2.75) is 32.1 Å². The molecule has 2 aromatic rings. The lowest BCUT2D eigenvalue weighted by molar-refractivity contribution is -0.142. The molecule has 2 aliphatic heterocycles. The number of hydrogen-bond donors (Lipinski definition) is 0. The van der Waals surface area contributed by atoms with Gasteiger partial charge in [0.2, 0.25) is 0 Å². The second-order valence-corrected chi connectivity index (χ2v) is 8.87. The number of fused-ring (bicyclic) bond motifs is 2. The maximum atomic E-state index is 6.69. The molecule has 3 heterocycles. The number of hydrogen-bond acceptors (Lipinski definition) is 5. The van der Waals surface area contributed by atoms with Gasteiger partial charge in [-0.25, -0.2) is 0 Å². The number of ether oxygens (including phenoxy) is 3. The Morgan fingerprint density at radius 1 is 1.14 bits per heavy atom. The summed E-state index contributed by atoms with van der Waals surface area (Å²) < 4.78 is 17.5. The van der Waals surface area contributed by atoms with Gasteiger partial charge in [0.15, 0.2) is 11.5 Å². The smallest absolute Gasteiger partial charge is 0.163 e. The molecule has 0 atom stereocenters. The number of rotatable bonds is 6. The summed E-state index contributed by atoms with van der Waals surface area (Å²) in [5.41, 5.74) is 3.29. The van der Waals surface area contributed by atoms with E-state index < -0.39 is 0 Å². The average molecular weight is 403 g/mol. The molecule has 0 radical (unpaired) electrons. The lowest BCUT2D eigenvalue weighted by Gasteiger charge is -2.43. The first kappa shape index (κ1) is 18.5. The molecule has 0 bridgehead atoms. The largest absolute Gasteiger partial charge is 0.493 e. The monoisotopic (exact) mass is 402 g/mol. The third-order valence-corrected chi connectivity index (χ3v) is 6.77. The second kappa shape index (κ2) is 7.36. The van der Waals surface area contributed by atoms with Crippen LogP contribution in [-0.2, 0) is 17.6 Å². The van der Waals surface area contributed by atoms with Crippen molar-refractivity contribution < 1.29 is 14.2 Å². The van der Waals surface area contributed by atoms with Crippen LogP contribution in [0, 0.1) is 5.41 Å². The average Bonchev–Trinajstić information content (AvgIpc) is 3.35. The Morgan fingerprint density at radius 2 is 1.96 bits per heavy atom. The lowest BCUT2D eigenvalue weighted by Crippen LogP contribution is -2.54. The molecule has 28 heavy (non-hydrogen) atoms. The molecule has 1 aromatic heterocycles. The van der Waals surface area contributed by atoms with Gasteiger partial charge in [0.05, 0.1) is 42.9 Å². The molecule has 0 amide bonds. The topological polar surface area (TPSA) is 43.8 Å². The molecule has 5 rings (SSSR count). The van der Waals surface area contributed by atoms with Crippen molar-refractivity contribution in [1.29, 1.82) is 0 Å². The van der Waals surface area contributed by atoms with Crippen molar-refractivity contribution in [2.75, 3.05) is 46.6 Å². The Labute approximate surface area is 170 Å². The number of aryl methyl sites for hydroxylation is 1. The molecule has 2 fully saturated rings. The summed E-state index contributed by atoms with van der Waals surface area (Å²) in [6.45, 7) is 5.57. The van der Waals surface area contributed by atoms with Gasteiger partial charge in [-0.1, -0.05) is 11.6 Å². The van der Waals surface area contributed by atoms with Crippen LogP contribution in [0.25, 0.3) is 10.9 Å². The molecule has 5 nitrogen and oxygen atoms in total. The minimum Gasteiger partial charge on any atom is -0.493 e. The highest BCUT2D eigenvalue weighted by Gasteiger charge is 2.41. The van der Waals surface area contributed by atoms with E-state index in [1.165, 1.54) is 31.5 Å². The maximum Gasteiger partial charge on any atom is 0.163 e. The van der Waals surface area contributed by atoms with Crippen LogP contribution in [0.3, 0.4) is 0 Å². The molecule has 150 valence electrons. The molecule has 0 saturated carbocycles. The summed E-state index contributed by atoms with van der Waals surface area (Å²) in [7, 11) is 1.68. The molecular weight excluding hydrogens is 376 g/mol. The molecule has 6 heteroatoms. The molecule has 1 aliphatic carbocycles. The van der Waals surface area contributed by atoms with Crippen LogP contribution in [-0.4, -0.2) is 56.4 Å². The van der Waals surface area contributed by atoms with Crippen LogP contribution >= 0.6 is 11.6 Å². The minimum atomic E-state index is 0.0767. The first-order chi connectivity index (χ1) is 13.7. The van der Waals surface area contributed by atoms with E-state index in [1.807, 2.05) is 12.1 Å². The predicted octanol–water partition coefficient (Wildman–Crippen LogP) is 3.88. The molecule has 0 unspecified atom stereocenters. The van der Waals surface area contributed by atoms with Crippen molar-refractivity contribution >= 4 is 22.5 Å².